The zero-order valence-corrected chi connectivity index (χ0v) is 14.6. The summed E-state index contributed by atoms with van der Waals surface area (Å²) in [6.45, 7) is 1.97. The smallest absolute Gasteiger partial charge is 0.243 e. The molecular formula is C17H21FN2O4S. The van der Waals surface area contributed by atoms with E-state index in [9.17, 15) is 17.6 Å². The van der Waals surface area contributed by atoms with Gasteiger partial charge in [-0.1, -0.05) is 0 Å². The Balaban J connectivity index is 1.51. The van der Waals surface area contributed by atoms with Gasteiger partial charge in [0, 0.05) is 26.2 Å². The number of carbonyl (C=O) groups excluding carboxylic acids is 1. The van der Waals surface area contributed by atoms with Crippen LogP contribution in [0.4, 0.5) is 4.39 Å². The maximum absolute atomic E-state index is 13.1. The molecule has 0 unspecified atom stereocenters. The number of ether oxygens (including phenoxy) is 1. The van der Waals surface area contributed by atoms with E-state index in [0.717, 1.165) is 38.1 Å². The van der Waals surface area contributed by atoms with E-state index in [2.05, 4.69) is 0 Å². The minimum absolute atomic E-state index is 0.0672. The summed E-state index contributed by atoms with van der Waals surface area (Å²) < 4.78 is 45.9. The SMILES string of the molecule is O=C([C@H]1C[C@@H]2CN(S(=O)(=O)c3ccc(F)cc3)C[C@H]1O2)N1CCCC1. The minimum Gasteiger partial charge on any atom is -0.371 e. The number of morpholine rings is 1. The maximum atomic E-state index is 13.1. The Labute approximate surface area is 146 Å². The molecule has 2 bridgehead atoms. The average Bonchev–Trinajstić information content (AvgIpc) is 3.22. The number of amides is 1. The van der Waals surface area contributed by atoms with Gasteiger partial charge in [0.15, 0.2) is 0 Å². The first kappa shape index (κ1) is 16.9. The van der Waals surface area contributed by atoms with E-state index in [1.165, 1.54) is 16.4 Å². The number of hydrogen-bond acceptors (Lipinski definition) is 4. The Kier molecular flexibility index (Phi) is 4.29. The van der Waals surface area contributed by atoms with E-state index in [-0.39, 0.29) is 35.9 Å². The third-order valence-electron chi connectivity index (χ3n) is 5.31. The van der Waals surface area contributed by atoms with Crippen LogP contribution in [0.25, 0.3) is 0 Å². The molecule has 0 spiro atoms. The van der Waals surface area contributed by atoms with Crippen molar-refractivity contribution in [2.75, 3.05) is 26.2 Å². The lowest BCUT2D eigenvalue weighted by Gasteiger charge is -2.32. The predicted octanol–water partition coefficient (Wildman–Crippen LogP) is 1.23. The van der Waals surface area contributed by atoms with Gasteiger partial charge in [0.05, 0.1) is 23.0 Å². The molecule has 3 heterocycles. The molecule has 3 atom stereocenters. The van der Waals surface area contributed by atoms with Crippen molar-refractivity contribution in [2.45, 2.75) is 36.4 Å². The summed E-state index contributed by atoms with van der Waals surface area (Å²) >= 11 is 0. The predicted molar refractivity (Wildman–Crippen MR) is 87.7 cm³/mol. The van der Waals surface area contributed by atoms with Crippen molar-refractivity contribution >= 4 is 15.9 Å². The van der Waals surface area contributed by atoms with Crippen molar-refractivity contribution in [1.82, 2.24) is 9.21 Å². The van der Waals surface area contributed by atoms with Crippen LogP contribution in [0.5, 0.6) is 0 Å². The normalized spacial score (nSPS) is 30.0. The van der Waals surface area contributed by atoms with Gasteiger partial charge < -0.3 is 9.64 Å². The number of halogens is 1. The van der Waals surface area contributed by atoms with Crippen LogP contribution in [0.3, 0.4) is 0 Å². The summed E-state index contributed by atoms with van der Waals surface area (Å²) in [4.78, 5) is 14.6. The van der Waals surface area contributed by atoms with Crippen LogP contribution in [-0.4, -0.2) is 61.9 Å². The standard InChI is InChI=1S/C17H21FN2O4S/c18-12-3-5-14(6-4-12)25(22,23)20-10-13-9-15(16(11-20)24-13)17(21)19-7-1-2-8-19/h3-6,13,15-16H,1-2,7-11H2/t13-,15+,16-/m1/s1. The Hall–Kier alpha value is -1.51. The first-order valence-corrected chi connectivity index (χ1v) is 10.1. The van der Waals surface area contributed by atoms with Gasteiger partial charge in [-0.25, -0.2) is 12.8 Å². The van der Waals surface area contributed by atoms with Crippen LogP contribution >= 0.6 is 0 Å². The zero-order valence-electron chi connectivity index (χ0n) is 13.8. The maximum Gasteiger partial charge on any atom is 0.243 e. The van der Waals surface area contributed by atoms with Gasteiger partial charge in [-0.3, -0.25) is 4.79 Å². The summed E-state index contributed by atoms with van der Waals surface area (Å²) in [6, 6.07) is 4.83. The second-order valence-electron chi connectivity index (χ2n) is 6.95. The molecule has 6 nitrogen and oxygen atoms in total. The molecule has 0 aromatic heterocycles. The Bertz CT molecular complexity index is 761. The number of benzene rings is 1. The van der Waals surface area contributed by atoms with E-state index < -0.39 is 21.9 Å². The van der Waals surface area contributed by atoms with E-state index >= 15 is 0 Å². The van der Waals surface area contributed by atoms with Crippen molar-refractivity contribution in [3.63, 3.8) is 0 Å². The number of carbonyl (C=O) groups is 1. The lowest BCUT2D eigenvalue weighted by Crippen LogP contribution is -2.48. The zero-order chi connectivity index (χ0) is 17.6. The fraction of sp³-hybridized carbons (Fsp3) is 0.588. The van der Waals surface area contributed by atoms with Crippen molar-refractivity contribution in [3.05, 3.63) is 30.1 Å². The number of sulfonamides is 1. The van der Waals surface area contributed by atoms with E-state index in [1.54, 1.807) is 0 Å². The number of hydrogen-bond donors (Lipinski definition) is 0. The molecule has 1 aromatic carbocycles. The lowest BCUT2D eigenvalue weighted by molar-refractivity contribution is -0.136. The third kappa shape index (κ3) is 3.07. The molecule has 136 valence electrons. The molecule has 8 heteroatoms. The molecule has 0 radical (unpaired) electrons. The Morgan fingerprint density at radius 2 is 1.80 bits per heavy atom. The summed E-state index contributed by atoms with van der Waals surface area (Å²) in [7, 11) is -3.71. The lowest BCUT2D eigenvalue weighted by atomic mass is 9.99. The van der Waals surface area contributed by atoms with Crippen molar-refractivity contribution in [3.8, 4) is 0 Å². The topological polar surface area (TPSA) is 66.9 Å². The highest BCUT2D eigenvalue weighted by atomic mass is 32.2. The average molecular weight is 368 g/mol. The van der Waals surface area contributed by atoms with Gasteiger partial charge in [0.25, 0.3) is 0 Å². The van der Waals surface area contributed by atoms with Crippen molar-refractivity contribution < 1.29 is 22.3 Å². The molecule has 3 aliphatic heterocycles. The molecule has 3 saturated heterocycles. The van der Waals surface area contributed by atoms with Gasteiger partial charge >= 0.3 is 0 Å². The third-order valence-corrected chi connectivity index (χ3v) is 7.16. The molecule has 0 N–H and O–H groups in total. The Morgan fingerprint density at radius 3 is 2.48 bits per heavy atom. The van der Waals surface area contributed by atoms with Crippen LogP contribution in [0.15, 0.2) is 29.2 Å². The second kappa shape index (κ2) is 6.34. The van der Waals surface area contributed by atoms with Crippen LogP contribution in [-0.2, 0) is 19.6 Å². The van der Waals surface area contributed by atoms with Crippen LogP contribution in [0, 0.1) is 11.7 Å². The number of rotatable bonds is 3. The van der Waals surface area contributed by atoms with Gasteiger partial charge in [0.1, 0.15) is 5.82 Å². The van der Waals surface area contributed by atoms with Gasteiger partial charge in [-0.15, -0.1) is 0 Å². The van der Waals surface area contributed by atoms with Gasteiger partial charge in [0.2, 0.25) is 15.9 Å². The van der Waals surface area contributed by atoms with Crippen LogP contribution < -0.4 is 0 Å². The summed E-state index contributed by atoms with van der Waals surface area (Å²) in [5, 5.41) is 0. The summed E-state index contributed by atoms with van der Waals surface area (Å²) in [5.41, 5.74) is 0. The van der Waals surface area contributed by atoms with Crippen LogP contribution in [0.1, 0.15) is 19.3 Å². The largest absolute Gasteiger partial charge is 0.371 e. The molecule has 25 heavy (non-hydrogen) atoms. The highest BCUT2D eigenvalue weighted by molar-refractivity contribution is 7.89. The molecule has 3 aliphatic rings. The number of nitrogens with zero attached hydrogens (tertiary/aromatic N) is 2. The van der Waals surface area contributed by atoms with Gasteiger partial charge in [-0.05, 0) is 43.5 Å². The fourth-order valence-corrected chi connectivity index (χ4v) is 5.49. The monoisotopic (exact) mass is 368 g/mol. The van der Waals surface area contributed by atoms with Gasteiger partial charge in [-0.2, -0.15) is 4.31 Å². The molecule has 1 aromatic rings. The number of fused-ring (bicyclic) bond motifs is 2. The summed E-state index contributed by atoms with van der Waals surface area (Å²) in [6.07, 6.45) is 1.96. The molecule has 0 aliphatic carbocycles. The highest BCUT2D eigenvalue weighted by Crippen LogP contribution is 2.35. The fourth-order valence-electron chi connectivity index (χ4n) is 4.01. The van der Waals surface area contributed by atoms with Crippen molar-refractivity contribution in [1.29, 1.82) is 0 Å². The van der Waals surface area contributed by atoms with Crippen molar-refractivity contribution in [2.24, 2.45) is 5.92 Å². The molecule has 3 fully saturated rings. The van der Waals surface area contributed by atoms with E-state index in [4.69, 9.17) is 4.74 Å². The molecular weight excluding hydrogens is 347 g/mol. The quantitative estimate of drug-likeness (QED) is 0.805. The molecule has 4 rings (SSSR count). The first-order chi connectivity index (χ1) is 11.9. The molecule has 0 saturated carbocycles. The highest BCUT2D eigenvalue weighted by Gasteiger charge is 2.48. The second-order valence-corrected chi connectivity index (χ2v) is 8.89. The molecule has 1 amide bonds. The summed E-state index contributed by atoms with van der Waals surface area (Å²) in [5.74, 6) is -0.653. The first-order valence-electron chi connectivity index (χ1n) is 8.65. The van der Waals surface area contributed by atoms with Crippen LogP contribution in [0.2, 0.25) is 0 Å². The van der Waals surface area contributed by atoms with E-state index in [1.807, 2.05) is 4.90 Å². The minimum atomic E-state index is -3.71. The Morgan fingerprint density at radius 1 is 1.12 bits per heavy atom. The van der Waals surface area contributed by atoms with E-state index in [0.29, 0.717) is 6.42 Å². The number of likely N-dealkylation sites (tertiary alicyclic amines) is 1.